The predicted molar refractivity (Wildman–Crippen MR) is 68.2 cm³/mol. The van der Waals surface area contributed by atoms with E-state index in [2.05, 4.69) is 35.3 Å². The van der Waals surface area contributed by atoms with Gasteiger partial charge in [0, 0.05) is 29.8 Å². The van der Waals surface area contributed by atoms with E-state index in [1.807, 2.05) is 6.07 Å². The van der Waals surface area contributed by atoms with Crippen LogP contribution < -0.4 is 10.1 Å². The van der Waals surface area contributed by atoms with Gasteiger partial charge in [0.05, 0.1) is 6.61 Å². The minimum atomic E-state index is 0.494. The highest BCUT2D eigenvalue weighted by molar-refractivity contribution is 7.99. The molecule has 0 saturated carbocycles. The molecule has 3 heteroatoms. The first-order chi connectivity index (χ1) is 7.93. The summed E-state index contributed by atoms with van der Waals surface area (Å²) in [6, 6.07) is 9.61. The fourth-order valence-corrected chi connectivity index (χ4v) is 3.63. The molecule has 0 aromatic heterocycles. The molecule has 3 rings (SSSR count). The van der Waals surface area contributed by atoms with Gasteiger partial charge in [-0.1, -0.05) is 18.2 Å². The van der Waals surface area contributed by atoms with Crippen LogP contribution in [0.2, 0.25) is 0 Å². The van der Waals surface area contributed by atoms with Gasteiger partial charge in [-0.05, 0) is 18.2 Å². The Hall–Kier alpha value is -0.670. The molecule has 2 atom stereocenters. The Morgan fingerprint density at radius 1 is 1.25 bits per heavy atom. The number of ether oxygens (including phenoxy) is 1. The van der Waals surface area contributed by atoms with Gasteiger partial charge in [-0.3, -0.25) is 0 Å². The van der Waals surface area contributed by atoms with E-state index in [9.17, 15) is 0 Å². The van der Waals surface area contributed by atoms with Crippen molar-refractivity contribution >= 4 is 11.8 Å². The van der Waals surface area contributed by atoms with Crippen LogP contribution in [0.15, 0.2) is 24.3 Å². The van der Waals surface area contributed by atoms with Crippen LogP contribution in [0.1, 0.15) is 24.4 Å². The summed E-state index contributed by atoms with van der Waals surface area (Å²) in [5.74, 6) is 3.64. The van der Waals surface area contributed by atoms with E-state index in [4.69, 9.17) is 4.74 Å². The number of para-hydroxylation sites is 1. The van der Waals surface area contributed by atoms with Gasteiger partial charge in [-0.2, -0.15) is 11.8 Å². The first-order valence-electron chi connectivity index (χ1n) is 5.99. The molecule has 86 valence electrons. The Labute approximate surface area is 101 Å². The van der Waals surface area contributed by atoms with E-state index in [1.165, 1.54) is 23.5 Å². The van der Waals surface area contributed by atoms with Crippen molar-refractivity contribution in [3.05, 3.63) is 29.8 Å². The van der Waals surface area contributed by atoms with E-state index in [-0.39, 0.29) is 0 Å². The third-order valence-corrected chi connectivity index (χ3v) is 4.49. The van der Waals surface area contributed by atoms with Crippen molar-refractivity contribution in [2.75, 3.05) is 18.1 Å². The Kier molecular flexibility index (Phi) is 3.06. The van der Waals surface area contributed by atoms with Gasteiger partial charge < -0.3 is 10.1 Å². The maximum Gasteiger partial charge on any atom is 0.124 e. The van der Waals surface area contributed by atoms with Crippen LogP contribution in [-0.4, -0.2) is 24.2 Å². The average molecular weight is 235 g/mol. The van der Waals surface area contributed by atoms with Gasteiger partial charge in [-0.25, -0.2) is 0 Å². The number of thioether (sulfide) groups is 1. The number of benzene rings is 1. The van der Waals surface area contributed by atoms with E-state index in [0.717, 1.165) is 18.8 Å². The van der Waals surface area contributed by atoms with Crippen LogP contribution in [0.4, 0.5) is 0 Å². The molecule has 1 N–H and O–H groups in total. The smallest absolute Gasteiger partial charge is 0.124 e. The second kappa shape index (κ2) is 4.68. The molecule has 2 aliphatic heterocycles. The molecular weight excluding hydrogens is 218 g/mol. The van der Waals surface area contributed by atoms with E-state index in [1.54, 1.807) is 0 Å². The fourth-order valence-electron chi connectivity index (χ4n) is 2.47. The van der Waals surface area contributed by atoms with Crippen molar-refractivity contribution in [2.24, 2.45) is 0 Å². The van der Waals surface area contributed by atoms with Crippen LogP contribution in [-0.2, 0) is 0 Å². The first-order valence-corrected chi connectivity index (χ1v) is 7.14. The summed E-state index contributed by atoms with van der Waals surface area (Å²) in [5.41, 5.74) is 1.34. The van der Waals surface area contributed by atoms with E-state index < -0.39 is 0 Å². The number of fused-ring (bicyclic) bond motifs is 1. The lowest BCUT2D eigenvalue weighted by atomic mass is 9.99. The minimum Gasteiger partial charge on any atom is -0.493 e. The minimum absolute atomic E-state index is 0.494. The van der Waals surface area contributed by atoms with Crippen LogP contribution in [0.25, 0.3) is 0 Å². The topological polar surface area (TPSA) is 21.3 Å². The quantitative estimate of drug-likeness (QED) is 0.851. The van der Waals surface area contributed by atoms with Crippen molar-refractivity contribution in [1.82, 2.24) is 5.32 Å². The lowest BCUT2D eigenvalue weighted by Gasteiger charge is -2.29. The second-order valence-electron chi connectivity index (χ2n) is 4.45. The van der Waals surface area contributed by atoms with Crippen molar-refractivity contribution in [3.8, 4) is 5.75 Å². The van der Waals surface area contributed by atoms with Gasteiger partial charge >= 0.3 is 0 Å². The highest BCUT2D eigenvalue weighted by atomic mass is 32.2. The van der Waals surface area contributed by atoms with Gasteiger partial charge in [-0.15, -0.1) is 0 Å². The zero-order valence-corrected chi connectivity index (χ0v) is 10.1. The van der Waals surface area contributed by atoms with Crippen LogP contribution >= 0.6 is 11.8 Å². The summed E-state index contributed by atoms with van der Waals surface area (Å²) in [4.78, 5) is 0. The van der Waals surface area contributed by atoms with Gasteiger partial charge in [0.25, 0.3) is 0 Å². The molecule has 1 saturated heterocycles. The van der Waals surface area contributed by atoms with Crippen LogP contribution in [0.5, 0.6) is 5.75 Å². The van der Waals surface area contributed by atoms with Crippen molar-refractivity contribution in [2.45, 2.75) is 24.9 Å². The van der Waals surface area contributed by atoms with Gasteiger partial charge in [0.1, 0.15) is 5.75 Å². The summed E-state index contributed by atoms with van der Waals surface area (Å²) in [5, 5.41) is 3.77. The summed E-state index contributed by atoms with van der Waals surface area (Å²) in [7, 11) is 0. The monoisotopic (exact) mass is 235 g/mol. The molecule has 1 aromatic carbocycles. The molecule has 2 aliphatic rings. The summed E-state index contributed by atoms with van der Waals surface area (Å²) >= 11 is 2.06. The summed E-state index contributed by atoms with van der Waals surface area (Å²) in [6.07, 6.45) is 2.41. The van der Waals surface area contributed by atoms with Crippen LogP contribution in [0, 0.1) is 0 Å². The predicted octanol–water partition coefficient (Wildman–Crippen LogP) is 2.61. The average Bonchev–Trinajstić information content (AvgIpc) is 2.82. The zero-order chi connectivity index (χ0) is 10.8. The Morgan fingerprint density at radius 3 is 3.06 bits per heavy atom. The van der Waals surface area contributed by atoms with Gasteiger partial charge in [0.2, 0.25) is 0 Å². The lowest BCUT2D eigenvalue weighted by Crippen LogP contribution is -2.35. The molecule has 2 nitrogen and oxygen atoms in total. The Balaban J connectivity index is 1.76. The largest absolute Gasteiger partial charge is 0.493 e. The second-order valence-corrected chi connectivity index (χ2v) is 5.60. The first kappa shape index (κ1) is 10.5. The molecule has 2 heterocycles. The van der Waals surface area contributed by atoms with E-state index in [0.29, 0.717) is 12.1 Å². The highest BCUT2D eigenvalue weighted by Gasteiger charge is 2.25. The Bertz CT molecular complexity index is 363. The maximum absolute atomic E-state index is 5.67. The number of rotatable bonds is 2. The molecule has 16 heavy (non-hydrogen) atoms. The zero-order valence-electron chi connectivity index (χ0n) is 9.32. The molecule has 0 radical (unpaired) electrons. The molecule has 1 fully saturated rings. The molecule has 0 amide bonds. The normalized spacial score (nSPS) is 28.5. The Morgan fingerprint density at radius 2 is 2.19 bits per heavy atom. The molecule has 0 aliphatic carbocycles. The molecular formula is C13H17NOS. The summed E-state index contributed by atoms with van der Waals surface area (Å²) < 4.78 is 5.67. The van der Waals surface area contributed by atoms with Crippen molar-refractivity contribution < 1.29 is 4.74 Å². The third-order valence-electron chi connectivity index (χ3n) is 3.33. The number of hydrogen-bond donors (Lipinski definition) is 1. The summed E-state index contributed by atoms with van der Waals surface area (Å²) in [6.45, 7) is 0.842. The van der Waals surface area contributed by atoms with Crippen molar-refractivity contribution in [1.29, 1.82) is 0 Å². The standard InChI is InChI=1S/C13H17NOS/c1-2-4-13-11(3-1)12(5-7-15-13)14-10-6-8-16-9-10/h1-4,10,12,14H,5-9H2. The molecule has 1 aromatic rings. The fraction of sp³-hybridized carbons (Fsp3) is 0.538. The van der Waals surface area contributed by atoms with E-state index >= 15 is 0 Å². The lowest BCUT2D eigenvalue weighted by molar-refractivity contribution is 0.246. The van der Waals surface area contributed by atoms with Crippen LogP contribution in [0.3, 0.4) is 0 Å². The molecule has 2 unspecified atom stereocenters. The van der Waals surface area contributed by atoms with Crippen molar-refractivity contribution in [3.63, 3.8) is 0 Å². The SMILES string of the molecule is c1ccc2c(c1)OCCC2NC1CCSC1. The highest BCUT2D eigenvalue weighted by Crippen LogP contribution is 2.32. The third kappa shape index (κ3) is 2.06. The maximum atomic E-state index is 5.67. The number of hydrogen-bond acceptors (Lipinski definition) is 3. The van der Waals surface area contributed by atoms with Gasteiger partial charge in [0.15, 0.2) is 0 Å². The molecule has 0 bridgehead atoms. The number of nitrogens with one attached hydrogen (secondary N) is 1. The molecule has 0 spiro atoms.